The Balaban J connectivity index is 2.25. The Kier molecular flexibility index (Phi) is 4.63. The molecule has 2 N–H and O–H groups in total. The van der Waals surface area contributed by atoms with E-state index in [4.69, 9.17) is 5.73 Å². The monoisotopic (exact) mass is 196 g/mol. The zero-order valence-electron chi connectivity index (χ0n) is 9.63. The fraction of sp³-hybridized carbons (Fsp3) is 0.833. The van der Waals surface area contributed by atoms with Crippen LogP contribution >= 0.6 is 0 Å². The van der Waals surface area contributed by atoms with E-state index in [0.717, 1.165) is 18.9 Å². The van der Waals surface area contributed by atoms with Crippen molar-refractivity contribution < 1.29 is 0 Å². The van der Waals surface area contributed by atoms with Gasteiger partial charge in [-0.05, 0) is 52.1 Å². The summed E-state index contributed by atoms with van der Waals surface area (Å²) in [5, 5.41) is 0. The first-order valence-electron chi connectivity index (χ1n) is 5.74. The van der Waals surface area contributed by atoms with Gasteiger partial charge >= 0.3 is 0 Å². The second-order valence-corrected chi connectivity index (χ2v) is 4.74. The lowest BCUT2D eigenvalue weighted by Crippen LogP contribution is -2.28. The minimum atomic E-state index is 0.697. The highest BCUT2D eigenvalue weighted by Crippen LogP contribution is 2.24. The van der Waals surface area contributed by atoms with Crippen molar-refractivity contribution in [1.82, 2.24) is 4.90 Å². The van der Waals surface area contributed by atoms with Gasteiger partial charge in [-0.1, -0.05) is 12.2 Å². The third-order valence-electron chi connectivity index (χ3n) is 3.12. The molecular formula is C12H24N2. The topological polar surface area (TPSA) is 29.3 Å². The molecule has 0 aromatic carbocycles. The van der Waals surface area contributed by atoms with Gasteiger partial charge in [0.05, 0.1) is 0 Å². The van der Waals surface area contributed by atoms with Crippen molar-refractivity contribution in [2.24, 2.45) is 11.7 Å². The van der Waals surface area contributed by atoms with E-state index in [1.54, 1.807) is 0 Å². The zero-order chi connectivity index (χ0) is 10.6. The molecule has 0 aromatic rings. The summed E-state index contributed by atoms with van der Waals surface area (Å²) in [6.45, 7) is 11.9. The molecule has 1 saturated heterocycles. The number of nitrogens with zero attached hydrogens (tertiary/aromatic N) is 1. The molecule has 1 fully saturated rings. The van der Waals surface area contributed by atoms with E-state index in [-0.39, 0.29) is 0 Å². The predicted molar refractivity (Wildman–Crippen MR) is 62.2 cm³/mol. The fourth-order valence-electron chi connectivity index (χ4n) is 2.21. The Labute approximate surface area is 88.2 Å². The van der Waals surface area contributed by atoms with Crippen LogP contribution in [0.25, 0.3) is 0 Å². The molecule has 2 nitrogen and oxygen atoms in total. The van der Waals surface area contributed by atoms with Gasteiger partial charge in [0.2, 0.25) is 0 Å². The van der Waals surface area contributed by atoms with Crippen LogP contribution in [-0.2, 0) is 0 Å². The van der Waals surface area contributed by atoms with Gasteiger partial charge < -0.3 is 10.6 Å². The minimum Gasteiger partial charge on any atom is -0.330 e. The van der Waals surface area contributed by atoms with Crippen molar-refractivity contribution in [3.05, 3.63) is 12.2 Å². The normalized spacial score (nSPS) is 23.3. The summed E-state index contributed by atoms with van der Waals surface area (Å²) in [6, 6.07) is 0.697. The van der Waals surface area contributed by atoms with Crippen LogP contribution in [0.15, 0.2) is 12.2 Å². The van der Waals surface area contributed by atoms with Gasteiger partial charge in [0, 0.05) is 12.6 Å². The van der Waals surface area contributed by atoms with Crippen LogP contribution < -0.4 is 5.73 Å². The Morgan fingerprint density at radius 2 is 2.29 bits per heavy atom. The standard InChI is InChI=1S/C12H24N2/c1-10(2)14-7-5-12(9-14)8-11(3)4-6-13/h10,12H,3-9,13H2,1-2H3. The lowest BCUT2D eigenvalue weighted by Gasteiger charge is -2.20. The molecule has 1 atom stereocenters. The molecule has 0 amide bonds. The molecule has 2 heteroatoms. The van der Waals surface area contributed by atoms with Gasteiger partial charge in [-0.3, -0.25) is 0 Å². The summed E-state index contributed by atoms with van der Waals surface area (Å²) in [5.74, 6) is 0.830. The van der Waals surface area contributed by atoms with E-state index in [9.17, 15) is 0 Å². The summed E-state index contributed by atoms with van der Waals surface area (Å²) < 4.78 is 0. The van der Waals surface area contributed by atoms with Crippen LogP contribution in [0.4, 0.5) is 0 Å². The molecule has 0 radical (unpaired) electrons. The first-order chi connectivity index (χ1) is 6.63. The maximum atomic E-state index is 5.51. The molecule has 14 heavy (non-hydrogen) atoms. The third-order valence-corrected chi connectivity index (χ3v) is 3.12. The summed E-state index contributed by atoms with van der Waals surface area (Å²) >= 11 is 0. The highest BCUT2D eigenvalue weighted by Gasteiger charge is 2.24. The van der Waals surface area contributed by atoms with Gasteiger partial charge in [0.15, 0.2) is 0 Å². The van der Waals surface area contributed by atoms with Gasteiger partial charge in [-0.2, -0.15) is 0 Å². The fourth-order valence-corrected chi connectivity index (χ4v) is 2.21. The minimum absolute atomic E-state index is 0.697. The van der Waals surface area contributed by atoms with Crippen molar-refractivity contribution in [3.63, 3.8) is 0 Å². The molecule has 1 aliphatic heterocycles. The van der Waals surface area contributed by atoms with Crippen molar-refractivity contribution >= 4 is 0 Å². The first-order valence-corrected chi connectivity index (χ1v) is 5.74. The molecule has 1 heterocycles. The first kappa shape index (κ1) is 11.7. The van der Waals surface area contributed by atoms with E-state index < -0.39 is 0 Å². The molecule has 82 valence electrons. The molecular weight excluding hydrogens is 172 g/mol. The largest absolute Gasteiger partial charge is 0.330 e. The molecule has 1 rings (SSSR count). The summed E-state index contributed by atoms with van der Waals surface area (Å²) in [5.41, 5.74) is 6.84. The summed E-state index contributed by atoms with van der Waals surface area (Å²) in [6.07, 6.45) is 3.51. The zero-order valence-corrected chi connectivity index (χ0v) is 9.63. The Morgan fingerprint density at radius 1 is 1.57 bits per heavy atom. The van der Waals surface area contributed by atoms with E-state index in [1.807, 2.05) is 0 Å². The molecule has 1 unspecified atom stereocenters. The number of hydrogen-bond donors (Lipinski definition) is 1. The Bertz CT molecular complexity index is 187. The van der Waals surface area contributed by atoms with E-state index >= 15 is 0 Å². The van der Waals surface area contributed by atoms with Crippen LogP contribution in [0.2, 0.25) is 0 Å². The number of nitrogens with two attached hydrogens (primary N) is 1. The number of hydrogen-bond acceptors (Lipinski definition) is 2. The Hall–Kier alpha value is -0.340. The molecule has 1 aliphatic rings. The van der Waals surface area contributed by atoms with Crippen LogP contribution in [0.3, 0.4) is 0 Å². The highest BCUT2D eigenvalue weighted by molar-refractivity contribution is 4.98. The third kappa shape index (κ3) is 3.43. The molecule has 0 saturated carbocycles. The highest BCUT2D eigenvalue weighted by atomic mass is 15.2. The molecule has 0 aliphatic carbocycles. The van der Waals surface area contributed by atoms with Crippen LogP contribution in [0.1, 0.15) is 33.1 Å². The van der Waals surface area contributed by atoms with Gasteiger partial charge in [-0.15, -0.1) is 0 Å². The molecule has 0 bridgehead atoms. The van der Waals surface area contributed by atoms with Gasteiger partial charge in [0.1, 0.15) is 0 Å². The predicted octanol–water partition coefficient (Wildman–Crippen LogP) is 2.01. The van der Waals surface area contributed by atoms with E-state index in [1.165, 1.54) is 31.5 Å². The SMILES string of the molecule is C=C(CCN)CC1CCN(C(C)C)C1. The smallest absolute Gasteiger partial charge is 0.00387 e. The summed E-state index contributed by atoms with van der Waals surface area (Å²) in [4.78, 5) is 2.56. The van der Waals surface area contributed by atoms with Gasteiger partial charge in [-0.25, -0.2) is 0 Å². The second kappa shape index (κ2) is 5.52. The molecule has 0 spiro atoms. The number of rotatable bonds is 5. The van der Waals surface area contributed by atoms with Crippen LogP contribution in [0.5, 0.6) is 0 Å². The second-order valence-electron chi connectivity index (χ2n) is 4.74. The van der Waals surface area contributed by atoms with Crippen LogP contribution in [0, 0.1) is 5.92 Å². The number of likely N-dealkylation sites (tertiary alicyclic amines) is 1. The maximum Gasteiger partial charge on any atom is 0.00387 e. The average Bonchev–Trinajstić information content (AvgIpc) is 2.53. The van der Waals surface area contributed by atoms with Crippen molar-refractivity contribution in [2.75, 3.05) is 19.6 Å². The van der Waals surface area contributed by atoms with E-state index in [2.05, 4.69) is 25.3 Å². The average molecular weight is 196 g/mol. The summed E-state index contributed by atoms with van der Waals surface area (Å²) in [7, 11) is 0. The van der Waals surface area contributed by atoms with Gasteiger partial charge in [0.25, 0.3) is 0 Å². The Morgan fingerprint density at radius 3 is 2.79 bits per heavy atom. The maximum absolute atomic E-state index is 5.51. The quantitative estimate of drug-likeness (QED) is 0.682. The van der Waals surface area contributed by atoms with E-state index in [0.29, 0.717) is 6.04 Å². The van der Waals surface area contributed by atoms with Crippen molar-refractivity contribution in [3.8, 4) is 0 Å². The lowest BCUT2D eigenvalue weighted by molar-refractivity contribution is 0.265. The van der Waals surface area contributed by atoms with Crippen LogP contribution in [-0.4, -0.2) is 30.6 Å². The lowest BCUT2D eigenvalue weighted by atomic mass is 9.98. The van der Waals surface area contributed by atoms with Crippen molar-refractivity contribution in [2.45, 2.75) is 39.2 Å². The molecule has 0 aromatic heterocycles. The van der Waals surface area contributed by atoms with Crippen molar-refractivity contribution in [1.29, 1.82) is 0 Å².